The SMILES string of the molecule is COCCCOc1cc2c(nc1Cl)-c1cc(=O)c(C(=O)O)cn1C1C(CCC1(C)C)O2. The van der Waals surface area contributed by atoms with Gasteiger partial charge in [-0.1, -0.05) is 25.4 Å². The Hall–Kier alpha value is -2.58. The zero-order chi connectivity index (χ0) is 22.3. The van der Waals surface area contributed by atoms with Crippen LogP contribution in [-0.2, 0) is 4.74 Å². The molecule has 1 N–H and O–H groups in total. The Morgan fingerprint density at radius 3 is 2.87 bits per heavy atom. The van der Waals surface area contributed by atoms with Crippen LogP contribution in [-0.4, -0.2) is 47.1 Å². The number of halogens is 1. The molecule has 1 aliphatic heterocycles. The number of carboxylic acids is 1. The van der Waals surface area contributed by atoms with Crippen molar-refractivity contribution in [3.63, 3.8) is 0 Å². The third-order valence-corrected chi connectivity index (χ3v) is 6.29. The largest absolute Gasteiger partial charge is 0.490 e. The minimum atomic E-state index is -1.26. The number of fused-ring (bicyclic) bond motifs is 5. The first-order valence-corrected chi connectivity index (χ1v) is 10.6. The Balaban J connectivity index is 1.86. The molecule has 1 fully saturated rings. The van der Waals surface area contributed by atoms with Crippen molar-refractivity contribution in [2.45, 2.75) is 45.3 Å². The van der Waals surface area contributed by atoms with E-state index in [4.69, 9.17) is 25.8 Å². The number of hydrogen-bond acceptors (Lipinski definition) is 6. The summed E-state index contributed by atoms with van der Waals surface area (Å²) in [7, 11) is 1.62. The summed E-state index contributed by atoms with van der Waals surface area (Å²) in [5, 5.41) is 9.64. The predicted octanol–water partition coefficient (Wildman–Crippen LogP) is 3.80. The van der Waals surface area contributed by atoms with E-state index in [1.807, 2.05) is 4.57 Å². The van der Waals surface area contributed by atoms with Gasteiger partial charge in [0.1, 0.15) is 17.4 Å². The first-order chi connectivity index (χ1) is 14.7. The molecular formula is C22H25ClN2O6. The molecule has 31 heavy (non-hydrogen) atoms. The number of aromatic carboxylic acids is 1. The highest BCUT2D eigenvalue weighted by atomic mass is 35.5. The molecule has 2 aliphatic rings. The van der Waals surface area contributed by atoms with Gasteiger partial charge in [0, 0.05) is 38.5 Å². The van der Waals surface area contributed by atoms with E-state index in [0.717, 1.165) is 12.8 Å². The quantitative estimate of drug-likeness (QED) is 0.530. The number of hydrogen-bond donors (Lipinski definition) is 1. The van der Waals surface area contributed by atoms with Gasteiger partial charge in [-0.15, -0.1) is 0 Å². The van der Waals surface area contributed by atoms with Crippen LogP contribution in [0.5, 0.6) is 11.5 Å². The third kappa shape index (κ3) is 3.90. The van der Waals surface area contributed by atoms with E-state index < -0.39 is 11.4 Å². The first-order valence-electron chi connectivity index (χ1n) is 10.2. The molecule has 2 unspecified atom stereocenters. The van der Waals surface area contributed by atoms with Crippen LogP contribution in [0.3, 0.4) is 0 Å². The number of pyridine rings is 2. The molecule has 0 aromatic carbocycles. The fourth-order valence-corrected chi connectivity index (χ4v) is 4.70. The maximum absolute atomic E-state index is 12.5. The van der Waals surface area contributed by atoms with Crippen LogP contribution in [0.15, 0.2) is 23.1 Å². The van der Waals surface area contributed by atoms with Crippen molar-refractivity contribution in [2.24, 2.45) is 5.41 Å². The van der Waals surface area contributed by atoms with Crippen LogP contribution >= 0.6 is 11.6 Å². The van der Waals surface area contributed by atoms with Crippen LogP contribution < -0.4 is 14.9 Å². The molecule has 4 rings (SSSR count). The van der Waals surface area contributed by atoms with Gasteiger partial charge in [-0.25, -0.2) is 9.78 Å². The second kappa shape index (κ2) is 8.16. The van der Waals surface area contributed by atoms with Gasteiger partial charge >= 0.3 is 5.97 Å². The topological polar surface area (TPSA) is 99.9 Å². The first kappa shape index (κ1) is 21.6. The highest BCUT2D eigenvalue weighted by Crippen LogP contribution is 2.52. The van der Waals surface area contributed by atoms with Gasteiger partial charge in [0.2, 0.25) is 0 Å². The van der Waals surface area contributed by atoms with Crippen molar-refractivity contribution in [1.29, 1.82) is 0 Å². The van der Waals surface area contributed by atoms with E-state index in [0.29, 0.717) is 42.5 Å². The molecule has 0 spiro atoms. The Morgan fingerprint density at radius 1 is 1.39 bits per heavy atom. The number of methoxy groups -OCH3 is 1. The van der Waals surface area contributed by atoms with E-state index in [1.54, 1.807) is 13.2 Å². The van der Waals surface area contributed by atoms with E-state index >= 15 is 0 Å². The van der Waals surface area contributed by atoms with Gasteiger partial charge in [0.05, 0.1) is 18.3 Å². The van der Waals surface area contributed by atoms with Crippen molar-refractivity contribution >= 4 is 17.6 Å². The number of carboxylic acid groups (broad SMARTS) is 1. The number of carbonyl (C=O) groups is 1. The maximum atomic E-state index is 12.5. The summed E-state index contributed by atoms with van der Waals surface area (Å²) in [5.74, 6) is -0.403. The van der Waals surface area contributed by atoms with Crippen LogP contribution in [0.1, 0.15) is 49.5 Å². The van der Waals surface area contributed by atoms with E-state index in [2.05, 4.69) is 18.8 Å². The molecule has 3 heterocycles. The van der Waals surface area contributed by atoms with Crippen molar-refractivity contribution in [1.82, 2.24) is 9.55 Å². The summed E-state index contributed by atoms with van der Waals surface area (Å²) in [6.45, 7) is 5.20. The average molecular weight is 449 g/mol. The second-order valence-electron chi connectivity index (χ2n) is 8.60. The van der Waals surface area contributed by atoms with Crippen molar-refractivity contribution in [3.8, 4) is 22.9 Å². The van der Waals surface area contributed by atoms with Gasteiger partial charge < -0.3 is 23.9 Å². The Kier molecular flexibility index (Phi) is 5.70. The Bertz CT molecular complexity index is 1080. The molecular weight excluding hydrogens is 424 g/mol. The summed E-state index contributed by atoms with van der Waals surface area (Å²) in [6.07, 6.45) is 3.59. The van der Waals surface area contributed by atoms with Crippen molar-refractivity contribution in [3.05, 3.63) is 39.3 Å². The van der Waals surface area contributed by atoms with Crippen molar-refractivity contribution < 1.29 is 24.1 Å². The molecule has 0 amide bonds. The minimum Gasteiger partial charge on any atom is -0.490 e. The number of aromatic nitrogens is 2. The summed E-state index contributed by atoms with van der Waals surface area (Å²) in [5.41, 5.74) is -0.154. The lowest BCUT2D eigenvalue weighted by Gasteiger charge is -2.32. The molecule has 0 saturated heterocycles. The van der Waals surface area contributed by atoms with Crippen LogP contribution in [0.25, 0.3) is 11.4 Å². The maximum Gasteiger partial charge on any atom is 0.341 e. The lowest BCUT2D eigenvalue weighted by Crippen LogP contribution is -2.33. The molecule has 1 aliphatic carbocycles. The molecule has 9 heteroatoms. The average Bonchev–Trinajstić information content (AvgIpc) is 2.93. The highest BCUT2D eigenvalue weighted by molar-refractivity contribution is 6.31. The van der Waals surface area contributed by atoms with Crippen LogP contribution in [0.2, 0.25) is 5.15 Å². The van der Waals surface area contributed by atoms with Gasteiger partial charge in [0.25, 0.3) is 0 Å². The summed E-state index contributed by atoms with van der Waals surface area (Å²) in [4.78, 5) is 28.6. The second-order valence-corrected chi connectivity index (χ2v) is 8.95. The fraction of sp³-hybridized carbons (Fsp3) is 0.500. The number of ether oxygens (including phenoxy) is 3. The van der Waals surface area contributed by atoms with Crippen LogP contribution in [0.4, 0.5) is 0 Å². The molecule has 0 radical (unpaired) electrons. The molecule has 0 bridgehead atoms. The third-order valence-electron chi connectivity index (χ3n) is 6.02. The molecule has 1 saturated carbocycles. The highest BCUT2D eigenvalue weighted by Gasteiger charge is 2.47. The molecule has 2 aromatic rings. The summed E-state index contributed by atoms with van der Waals surface area (Å²) < 4.78 is 19.0. The van der Waals surface area contributed by atoms with Gasteiger partial charge in [-0.05, 0) is 18.3 Å². The normalized spacial score (nSPS) is 20.8. The number of nitrogens with zero attached hydrogens (tertiary/aromatic N) is 2. The monoisotopic (exact) mass is 448 g/mol. The van der Waals surface area contributed by atoms with Crippen molar-refractivity contribution in [2.75, 3.05) is 20.3 Å². The standard InChI is InChI=1S/C22H25ClN2O6/c1-22(2)6-5-15-19(22)25-11-12(21(27)28)14(26)9-13(25)18-16(31-15)10-17(20(23)24-18)30-8-4-7-29-3/h9-11,15,19H,4-8H2,1-3H3,(H,27,28). The van der Waals surface area contributed by atoms with Gasteiger partial charge in [0.15, 0.2) is 22.1 Å². The predicted molar refractivity (Wildman–Crippen MR) is 114 cm³/mol. The molecule has 8 nitrogen and oxygen atoms in total. The molecule has 2 aromatic heterocycles. The van der Waals surface area contributed by atoms with E-state index in [9.17, 15) is 14.7 Å². The number of rotatable bonds is 6. The van der Waals surface area contributed by atoms with E-state index in [1.165, 1.54) is 12.3 Å². The van der Waals surface area contributed by atoms with Gasteiger partial charge in [-0.3, -0.25) is 4.79 Å². The lowest BCUT2D eigenvalue weighted by atomic mass is 9.86. The fourth-order valence-electron chi connectivity index (χ4n) is 4.51. The molecule has 2 atom stereocenters. The Labute approximate surface area is 184 Å². The smallest absolute Gasteiger partial charge is 0.341 e. The van der Waals surface area contributed by atoms with E-state index in [-0.39, 0.29) is 28.3 Å². The zero-order valence-corrected chi connectivity index (χ0v) is 18.4. The Morgan fingerprint density at radius 2 is 2.16 bits per heavy atom. The summed E-state index contributed by atoms with van der Waals surface area (Å²) in [6, 6.07) is 2.84. The zero-order valence-electron chi connectivity index (χ0n) is 17.7. The van der Waals surface area contributed by atoms with Crippen LogP contribution in [0, 0.1) is 5.41 Å². The minimum absolute atomic E-state index is 0.146. The lowest BCUT2D eigenvalue weighted by molar-refractivity contribution is 0.0692. The summed E-state index contributed by atoms with van der Waals surface area (Å²) >= 11 is 6.39. The van der Waals surface area contributed by atoms with Gasteiger partial charge in [-0.2, -0.15) is 0 Å². The molecule has 166 valence electrons.